The van der Waals surface area contributed by atoms with Crippen molar-refractivity contribution in [2.75, 3.05) is 0 Å². The van der Waals surface area contributed by atoms with Crippen LogP contribution in [-0.4, -0.2) is 5.54 Å². The third kappa shape index (κ3) is 2.69. The summed E-state index contributed by atoms with van der Waals surface area (Å²) in [6.07, 6.45) is 4.64. The lowest BCUT2D eigenvalue weighted by molar-refractivity contribution is 0.176. The van der Waals surface area contributed by atoms with Gasteiger partial charge in [-0.2, -0.15) is 0 Å². The maximum Gasteiger partial charge on any atom is 0.0315 e. The van der Waals surface area contributed by atoms with Gasteiger partial charge in [0.1, 0.15) is 0 Å². The highest BCUT2D eigenvalue weighted by molar-refractivity contribution is 9.10. The average molecular weight is 302 g/mol. The summed E-state index contributed by atoms with van der Waals surface area (Å²) in [4.78, 5) is 1.41. The Balaban J connectivity index is 2.06. The van der Waals surface area contributed by atoms with Gasteiger partial charge in [0.2, 0.25) is 0 Å². The fourth-order valence-corrected chi connectivity index (χ4v) is 4.32. The lowest BCUT2D eigenvalue weighted by Crippen LogP contribution is -2.47. The first-order valence-electron chi connectivity index (χ1n) is 6.01. The highest BCUT2D eigenvalue weighted by Crippen LogP contribution is 2.38. The van der Waals surface area contributed by atoms with Gasteiger partial charge >= 0.3 is 0 Å². The van der Waals surface area contributed by atoms with E-state index in [4.69, 9.17) is 5.73 Å². The highest BCUT2D eigenvalue weighted by Gasteiger charge is 2.35. The molecular weight excluding hydrogens is 282 g/mol. The molecule has 0 amide bonds. The van der Waals surface area contributed by atoms with E-state index >= 15 is 0 Å². The molecule has 3 heteroatoms. The van der Waals surface area contributed by atoms with Gasteiger partial charge in [0.25, 0.3) is 0 Å². The molecule has 90 valence electrons. The third-order valence-electron chi connectivity index (χ3n) is 4.00. The second-order valence-corrected chi connectivity index (χ2v) is 7.28. The predicted molar refractivity (Wildman–Crippen MR) is 74.8 cm³/mol. The molecule has 1 aromatic rings. The SMILES string of the molecule is CC1CCC(N)(Cc2sccc2Br)CC1C. The molecule has 1 heterocycles. The van der Waals surface area contributed by atoms with Crippen LogP contribution in [0.2, 0.25) is 0 Å². The smallest absolute Gasteiger partial charge is 0.0315 e. The molecule has 16 heavy (non-hydrogen) atoms. The lowest BCUT2D eigenvalue weighted by Gasteiger charge is -2.40. The Morgan fingerprint density at radius 1 is 1.50 bits per heavy atom. The van der Waals surface area contributed by atoms with E-state index in [1.165, 1.54) is 28.6 Å². The minimum Gasteiger partial charge on any atom is -0.325 e. The van der Waals surface area contributed by atoms with Gasteiger partial charge in [-0.05, 0) is 58.5 Å². The average Bonchev–Trinajstić information content (AvgIpc) is 2.59. The van der Waals surface area contributed by atoms with Crippen molar-refractivity contribution in [3.05, 3.63) is 20.8 Å². The molecule has 1 fully saturated rings. The molecule has 2 N–H and O–H groups in total. The molecule has 3 atom stereocenters. The monoisotopic (exact) mass is 301 g/mol. The van der Waals surface area contributed by atoms with Crippen molar-refractivity contribution in [3.8, 4) is 0 Å². The Bertz CT molecular complexity index is 363. The van der Waals surface area contributed by atoms with Crippen molar-refractivity contribution < 1.29 is 0 Å². The maximum atomic E-state index is 6.56. The van der Waals surface area contributed by atoms with Crippen molar-refractivity contribution in [3.63, 3.8) is 0 Å². The van der Waals surface area contributed by atoms with Crippen LogP contribution in [0.15, 0.2) is 15.9 Å². The lowest BCUT2D eigenvalue weighted by atomic mass is 9.70. The van der Waals surface area contributed by atoms with Crippen LogP contribution < -0.4 is 5.73 Å². The standard InChI is InChI=1S/C13H20BrNS/c1-9-3-5-13(15,7-10(9)2)8-12-11(14)4-6-16-12/h4,6,9-10H,3,5,7-8,15H2,1-2H3. The van der Waals surface area contributed by atoms with Gasteiger partial charge in [-0.1, -0.05) is 13.8 Å². The van der Waals surface area contributed by atoms with Crippen LogP contribution >= 0.6 is 27.3 Å². The van der Waals surface area contributed by atoms with Crippen LogP contribution in [0.1, 0.15) is 38.0 Å². The second-order valence-electron chi connectivity index (χ2n) is 5.43. The zero-order valence-electron chi connectivity index (χ0n) is 10.0. The molecule has 0 spiro atoms. The van der Waals surface area contributed by atoms with Gasteiger partial charge in [-0.25, -0.2) is 0 Å². The molecule has 1 aliphatic carbocycles. The molecule has 2 rings (SSSR count). The van der Waals surface area contributed by atoms with E-state index in [0.717, 1.165) is 18.3 Å². The summed E-state index contributed by atoms with van der Waals surface area (Å²) in [7, 11) is 0. The van der Waals surface area contributed by atoms with E-state index in [-0.39, 0.29) is 5.54 Å². The molecule has 0 aromatic carbocycles. The Labute approximate surface area is 111 Å². The Morgan fingerprint density at radius 2 is 2.25 bits per heavy atom. The summed E-state index contributed by atoms with van der Waals surface area (Å²) in [6.45, 7) is 4.69. The topological polar surface area (TPSA) is 26.0 Å². The van der Waals surface area contributed by atoms with Crippen LogP contribution in [0.5, 0.6) is 0 Å². The van der Waals surface area contributed by atoms with E-state index in [1.54, 1.807) is 0 Å². The van der Waals surface area contributed by atoms with Gasteiger partial charge in [0.15, 0.2) is 0 Å². The summed E-state index contributed by atoms with van der Waals surface area (Å²) < 4.78 is 1.23. The van der Waals surface area contributed by atoms with Crippen molar-refractivity contribution >= 4 is 27.3 Å². The number of rotatable bonds is 2. The first kappa shape index (κ1) is 12.6. The second kappa shape index (κ2) is 4.79. The largest absolute Gasteiger partial charge is 0.325 e. The van der Waals surface area contributed by atoms with Crippen LogP contribution in [-0.2, 0) is 6.42 Å². The van der Waals surface area contributed by atoms with Gasteiger partial charge in [-0.15, -0.1) is 11.3 Å². The molecule has 0 bridgehead atoms. The molecule has 1 nitrogen and oxygen atoms in total. The quantitative estimate of drug-likeness (QED) is 0.870. The van der Waals surface area contributed by atoms with Gasteiger partial charge in [0.05, 0.1) is 0 Å². The maximum absolute atomic E-state index is 6.56. The molecule has 1 saturated carbocycles. The van der Waals surface area contributed by atoms with Crippen LogP contribution in [0, 0.1) is 11.8 Å². The van der Waals surface area contributed by atoms with Crippen LogP contribution in [0.3, 0.4) is 0 Å². The van der Waals surface area contributed by atoms with E-state index in [0.29, 0.717) is 0 Å². The first-order chi connectivity index (χ1) is 7.50. The minimum absolute atomic E-state index is 0.0271. The Morgan fingerprint density at radius 3 is 2.81 bits per heavy atom. The van der Waals surface area contributed by atoms with Gasteiger partial charge in [0, 0.05) is 21.3 Å². The number of hydrogen-bond donors (Lipinski definition) is 1. The molecular formula is C13H20BrNS. The molecule has 0 saturated heterocycles. The number of halogens is 1. The highest BCUT2D eigenvalue weighted by atomic mass is 79.9. The molecule has 1 aromatic heterocycles. The van der Waals surface area contributed by atoms with Gasteiger partial charge < -0.3 is 5.73 Å². The summed E-state index contributed by atoms with van der Waals surface area (Å²) in [5, 5.41) is 2.14. The number of hydrogen-bond acceptors (Lipinski definition) is 2. The van der Waals surface area contributed by atoms with Gasteiger partial charge in [-0.3, -0.25) is 0 Å². The summed E-state index contributed by atoms with van der Waals surface area (Å²) >= 11 is 5.42. The van der Waals surface area contributed by atoms with Crippen molar-refractivity contribution in [2.45, 2.75) is 45.1 Å². The number of thiophene rings is 1. The van der Waals surface area contributed by atoms with Crippen molar-refractivity contribution in [1.29, 1.82) is 0 Å². The van der Waals surface area contributed by atoms with Crippen molar-refractivity contribution in [2.24, 2.45) is 17.6 Å². The fourth-order valence-electron chi connectivity index (χ4n) is 2.68. The molecule has 0 radical (unpaired) electrons. The third-order valence-corrected chi connectivity index (χ3v) is 5.93. The summed E-state index contributed by atoms with van der Waals surface area (Å²) in [6, 6.07) is 2.12. The van der Waals surface area contributed by atoms with E-state index in [2.05, 4.69) is 41.2 Å². The van der Waals surface area contributed by atoms with E-state index in [9.17, 15) is 0 Å². The van der Waals surface area contributed by atoms with E-state index < -0.39 is 0 Å². The first-order valence-corrected chi connectivity index (χ1v) is 7.68. The summed E-state index contributed by atoms with van der Waals surface area (Å²) in [5.41, 5.74) is 6.58. The number of nitrogens with two attached hydrogens (primary N) is 1. The zero-order valence-corrected chi connectivity index (χ0v) is 12.4. The normalized spacial score (nSPS) is 35.2. The molecule has 3 unspecified atom stereocenters. The van der Waals surface area contributed by atoms with E-state index in [1.807, 2.05) is 11.3 Å². The zero-order chi connectivity index (χ0) is 11.8. The van der Waals surface area contributed by atoms with Crippen LogP contribution in [0.4, 0.5) is 0 Å². The van der Waals surface area contributed by atoms with Crippen LogP contribution in [0.25, 0.3) is 0 Å². The molecule has 0 aliphatic heterocycles. The Kier molecular flexibility index (Phi) is 3.77. The van der Waals surface area contributed by atoms with Crippen molar-refractivity contribution in [1.82, 2.24) is 0 Å². The predicted octanol–water partition coefficient (Wildman–Crippen LogP) is 4.21. The molecule has 1 aliphatic rings. The fraction of sp³-hybridized carbons (Fsp3) is 0.692. The minimum atomic E-state index is 0.0271. The summed E-state index contributed by atoms with van der Waals surface area (Å²) in [5.74, 6) is 1.60. The Hall–Kier alpha value is 0.140.